The lowest BCUT2D eigenvalue weighted by Gasteiger charge is -2.07. The van der Waals surface area contributed by atoms with Gasteiger partial charge in [-0.1, -0.05) is 17.3 Å². The Morgan fingerprint density at radius 3 is 2.65 bits per heavy atom. The van der Waals surface area contributed by atoms with Crippen LogP contribution in [0.4, 0.5) is 5.69 Å². The van der Waals surface area contributed by atoms with Crippen molar-refractivity contribution in [2.75, 3.05) is 11.6 Å². The minimum absolute atomic E-state index is 0.167. The standard InChI is InChI=1S/C17H14N2O3S/c1-23-16-5-3-2-4-13(16)18-17(21)14-10-15(22-19-14)11-6-8-12(20)9-7-11/h2-10,20H,1H3,(H,18,21). The summed E-state index contributed by atoms with van der Waals surface area (Å²) in [6.07, 6.45) is 1.95. The van der Waals surface area contributed by atoms with E-state index in [0.717, 1.165) is 16.1 Å². The van der Waals surface area contributed by atoms with Gasteiger partial charge in [-0.15, -0.1) is 11.8 Å². The molecule has 6 heteroatoms. The lowest BCUT2D eigenvalue weighted by molar-refractivity contribution is 0.101. The molecule has 0 atom stereocenters. The van der Waals surface area contributed by atoms with Gasteiger partial charge in [0.05, 0.1) is 5.69 Å². The van der Waals surface area contributed by atoms with Crippen LogP contribution in [0.5, 0.6) is 5.75 Å². The van der Waals surface area contributed by atoms with Gasteiger partial charge < -0.3 is 14.9 Å². The summed E-state index contributed by atoms with van der Waals surface area (Å²) in [6, 6.07) is 15.6. The Kier molecular flexibility index (Phi) is 4.34. The van der Waals surface area contributed by atoms with E-state index in [-0.39, 0.29) is 17.4 Å². The number of carbonyl (C=O) groups is 1. The molecule has 0 saturated heterocycles. The van der Waals surface area contributed by atoms with E-state index in [1.165, 1.54) is 0 Å². The number of phenolic OH excluding ortho intramolecular Hbond substituents is 1. The van der Waals surface area contributed by atoms with Crippen LogP contribution in [-0.2, 0) is 0 Å². The van der Waals surface area contributed by atoms with Crippen molar-refractivity contribution in [3.63, 3.8) is 0 Å². The number of benzene rings is 2. The molecule has 3 aromatic rings. The molecule has 0 aliphatic carbocycles. The van der Waals surface area contributed by atoms with Crippen molar-refractivity contribution >= 4 is 23.4 Å². The Bertz CT molecular complexity index is 828. The van der Waals surface area contributed by atoms with E-state index < -0.39 is 0 Å². The zero-order valence-electron chi connectivity index (χ0n) is 12.3. The van der Waals surface area contributed by atoms with Gasteiger partial charge >= 0.3 is 0 Å². The van der Waals surface area contributed by atoms with Crippen LogP contribution >= 0.6 is 11.8 Å². The molecule has 23 heavy (non-hydrogen) atoms. The first-order valence-corrected chi connectivity index (χ1v) is 8.10. The van der Waals surface area contributed by atoms with Gasteiger partial charge in [-0.05, 0) is 42.7 Å². The Balaban J connectivity index is 1.80. The summed E-state index contributed by atoms with van der Waals surface area (Å²) in [5.41, 5.74) is 1.67. The SMILES string of the molecule is CSc1ccccc1NC(=O)c1cc(-c2ccc(O)cc2)on1. The lowest BCUT2D eigenvalue weighted by atomic mass is 10.1. The summed E-state index contributed by atoms with van der Waals surface area (Å²) in [4.78, 5) is 13.3. The maximum absolute atomic E-state index is 12.3. The highest BCUT2D eigenvalue weighted by Crippen LogP contribution is 2.26. The molecule has 0 fully saturated rings. The molecule has 1 amide bonds. The quantitative estimate of drug-likeness (QED) is 0.708. The van der Waals surface area contributed by atoms with Crippen LogP contribution < -0.4 is 5.32 Å². The van der Waals surface area contributed by atoms with Crippen molar-refractivity contribution in [2.24, 2.45) is 0 Å². The van der Waals surface area contributed by atoms with Crippen molar-refractivity contribution in [2.45, 2.75) is 4.90 Å². The first-order chi connectivity index (χ1) is 11.2. The number of aromatic hydroxyl groups is 1. The van der Waals surface area contributed by atoms with Crippen LogP contribution in [0.25, 0.3) is 11.3 Å². The molecule has 2 aromatic carbocycles. The maximum Gasteiger partial charge on any atom is 0.277 e. The molecular weight excluding hydrogens is 312 g/mol. The second kappa shape index (κ2) is 6.58. The van der Waals surface area contributed by atoms with Gasteiger partial charge in [0.15, 0.2) is 11.5 Å². The van der Waals surface area contributed by atoms with E-state index in [1.54, 1.807) is 42.1 Å². The zero-order chi connectivity index (χ0) is 16.2. The topological polar surface area (TPSA) is 75.4 Å². The molecule has 0 unspecified atom stereocenters. The number of nitrogens with one attached hydrogen (secondary N) is 1. The van der Waals surface area contributed by atoms with E-state index in [0.29, 0.717) is 5.76 Å². The number of rotatable bonds is 4. The summed E-state index contributed by atoms with van der Waals surface area (Å²) in [7, 11) is 0. The largest absolute Gasteiger partial charge is 0.508 e. The molecule has 1 heterocycles. The lowest BCUT2D eigenvalue weighted by Crippen LogP contribution is -2.12. The predicted molar refractivity (Wildman–Crippen MR) is 89.8 cm³/mol. The fraction of sp³-hybridized carbons (Fsp3) is 0.0588. The molecule has 0 bridgehead atoms. The average Bonchev–Trinajstić information content (AvgIpc) is 3.06. The number of anilines is 1. The number of nitrogens with zero attached hydrogens (tertiary/aromatic N) is 1. The molecule has 5 nitrogen and oxygen atoms in total. The van der Waals surface area contributed by atoms with Gasteiger partial charge in [0.2, 0.25) is 0 Å². The third kappa shape index (κ3) is 3.37. The molecule has 0 radical (unpaired) electrons. The minimum atomic E-state index is -0.333. The highest BCUT2D eigenvalue weighted by molar-refractivity contribution is 7.98. The molecule has 3 rings (SSSR count). The molecule has 0 saturated carbocycles. The number of aromatic nitrogens is 1. The zero-order valence-corrected chi connectivity index (χ0v) is 13.1. The third-order valence-corrected chi connectivity index (χ3v) is 4.05. The molecule has 0 aliphatic heterocycles. The van der Waals surface area contributed by atoms with Gasteiger partial charge in [-0.2, -0.15) is 0 Å². The fourth-order valence-electron chi connectivity index (χ4n) is 2.08. The molecular formula is C17H14N2O3S. The van der Waals surface area contributed by atoms with Crippen molar-refractivity contribution < 1.29 is 14.4 Å². The van der Waals surface area contributed by atoms with E-state index in [4.69, 9.17) is 4.52 Å². The van der Waals surface area contributed by atoms with Crippen molar-refractivity contribution in [1.29, 1.82) is 0 Å². The highest BCUT2D eigenvalue weighted by atomic mass is 32.2. The maximum atomic E-state index is 12.3. The van der Waals surface area contributed by atoms with Crippen LogP contribution in [0.1, 0.15) is 10.5 Å². The molecule has 1 aromatic heterocycles. The summed E-state index contributed by atoms with van der Waals surface area (Å²) >= 11 is 1.55. The van der Waals surface area contributed by atoms with E-state index in [9.17, 15) is 9.90 Å². The van der Waals surface area contributed by atoms with Crippen LogP contribution in [0.2, 0.25) is 0 Å². The Morgan fingerprint density at radius 2 is 1.91 bits per heavy atom. The Labute approximate surface area is 137 Å². The van der Waals surface area contributed by atoms with Crippen molar-refractivity contribution in [3.8, 4) is 17.1 Å². The number of thioether (sulfide) groups is 1. The normalized spacial score (nSPS) is 10.5. The van der Waals surface area contributed by atoms with Crippen LogP contribution in [-0.4, -0.2) is 22.4 Å². The van der Waals surface area contributed by atoms with Crippen LogP contribution in [0, 0.1) is 0 Å². The van der Waals surface area contributed by atoms with Gasteiger partial charge in [0, 0.05) is 16.5 Å². The van der Waals surface area contributed by atoms with Gasteiger partial charge in [-0.25, -0.2) is 0 Å². The summed E-state index contributed by atoms with van der Waals surface area (Å²) < 4.78 is 5.21. The van der Waals surface area contributed by atoms with Crippen LogP contribution in [0.15, 0.2) is 64.0 Å². The minimum Gasteiger partial charge on any atom is -0.508 e. The fourth-order valence-corrected chi connectivity index (χ4v) is 2.63. The summed E-state index contributed by atoms with van der Waals surface area (Å²) in [6.45, 7) is 0. The van der Waals surface area contributed by atoms with Gasteiger partial charge in [0.25, 0.3) is 5.91 Å². The molecule has 0 spiro atoms. The first-order valence-electron chi connectivity index (χ1n) is 6.88. The number of carbonyl (C=O) groups excluding carboxylic acids is 1. The van der Waals surface area contributed by atoms with E-state index in [2.05, 4.69) is 10.5 Å². The number of phenols is 1. The second-order valence-electron chi connectivity index (χ2n) is 4.78. The van der Waals surface area contributed by atoms with Gasteiger partial charge in [0.1, 0.15) is 5.75 Å². The molecule has 0 aliphatic rings. The summed E-state index contributed by atoms with van der Waals surface area (Å²) in [5.74, 6) is 0.300. The second-order valence-corrected chi connectivity index (χ2v) is 5.63. The number of para-hydroxylation sites is 1. The smallest absolute Gasteiger partial charge is 0.277 e. The first kappa shape index (κ1) is 15.2. The molecule has 2 N–H and O–H groups in total. The number of hydrogen-bond donors (Lipinski definition) is 2. The monoisotopic (exact) mass is 326 g/mol. The highest BCUT2D eigenvalue weighted by Gasteiger charge is 2.15. The number of amides is 1. The summed E-state index contributed by atoms with van der Waals surface area (Å²) in [5, 5.41) is 15.9. The number of hydrogen-bond acceptors (Lipinski definition) is 5. The Morgan fingerprint density at radius 1 is 1.17 bits per heavy atom. The Hall–Kier alpha value is -2.73. The van der Waals surface area contributed by atoms with Crippen LogP contribution in [0.3, 0.4) is 0 Å². The van der Waals surface area contributed by atoms with E-state index in [1.807, 2.05) is 30.5 Å². The predicted octanol–water partition coefficient (Wildman–Crippen LogP) is 4.02. The molecule has 116 valence electrons. The average molecular weight is 326 g/mol. The van der Waals surface area contributed by atoms with Crippen molar-refractivity contribution in [3.05, 3.63) is 60.3 Å². The van der Waals surface area contributed by atoms with Crippen molar-refractivity contribution in [1.82, 2.24) is 5.16 Å². The van der Waals surface area contributed by atoms with E-state index >= 15 is 0 Å². The third-order valence-electron chi connectivity index (χ3n) is 3.25. The van der Waals surface area contributed by atoms with Gasteiger partial charge in [-0.3, -0.25) is 4.79 Å².